The Morgan fingerprint density at radius 3 is 2.04 bits per heavy atom. The summed E-state index contributed by atoms with van der Waals surface area (Å²) in [5.41, 5.74) is -1.42. The summed E-state index contributed by atoms with van der Waals surface area (Å²) in [6, 6.07) is 5.06. The normalized spacial score (nSPS) is 11.9. The number of benzene rings is 2. The van der Waals surface area contributed by atoms with E-state index in [4.69, 9.17) is 11.6 Å². The number of halogens is 6. The first kappa shape index (κ1) is 18.5. The number of sulfone groups is 1. The van der Waals surface area contributed by atoms with Crippen molar-refractivity contribution in [2.75, 3.05) is 0 Å². The van der Waals surface area contributed by atoms with Crippen molar-refractivity contribution in [2.24, 2.45) is 0 Å². The lowest BCUT2D eigenvalue weighted by atomic mass is 10.2. The van der Waals surface area contributed by atoms with Gasteiger partial charge < -0.3 is 0 Å². The van der Waals surface area contributed by atoms with Crippen LogP contribution < -0.4 is 0 Å². The van der Waals surface area contributed by atoms with Crippen LogP contribution in [0.1, 0.15) is 5.56 Å². The summed E-state index contributed by atoms with van der Waals surface area (Å²) in [6.45, 7) is 0. The number of hydrogen-bond donors (Lipinski definition) is 0. The first-order chi connectivity index (χ1) is 12.1. The lowest BCUT2D eigenvalue weighted by Crippen LogP contribution is -2.13. The zero-order chi connectivity index (χ0) is 19.2. The Morgan fingerprint density at radius 2 is 1.42 bits per heavy atom. The molecule has 2 aromatic carbocycles. The second-order valence-electron chi connectivity index (χ2n) is 5.32. The van der Waals surface area contributed by atoms with Gasteiger partial charge in [0, 0.05) is 17.1 Å². The van der Waals surface area contributed by atoms with Crippen LogP contribution in [0.25, 0.3) is 10.8 Å². The molecule has 136 valence electrons. The van der Waals surface area contributed by atoms with Gasteiger partial charge in [-0.05, 0) is 23.6 Å². The summed E-state index contributed by atoms with van der Waals surface area (Å²) in [5.74, 6) is -12.5. The Kier molecular flexibility index (Phi) is 4.61. The van der Waals surface area contributed by atoms with Gasteiger partial charge in [0.2, 0.25) is 5.82 Å². The quantitative estimate of drug-likeness (QED) is 0.277. The minimum atomic E-state index is -4.41. The average Bonchev–Trinajstić information content (AvgIpc) is 2.61. The lowest BCUT2D eigenvalue weighted by Gasteiger charge is -2.10. The Balaban J connectivity index is 2.11. The molecule has 0 aliphatic heterocycles. The lowest BCUT2D eigenvalue weighted by molar-refractivity contribution is 0.372. The fourth-order valence-corrected chi connectivity index (χ4v) is 3.88. The number of fused-ring (bicyclic) bond motifs is 1. The molecule has 0 amide bonds. The molecule has 0 saturated heterocycles. The third-order valence-corrected chi connectivity index (χ3v) is 5.50. The molecule has 3 aromatic rings. The van der Waals surface area contributed by atoms with Gasteiger partial charge in [-0.25, -0.2) is 35.4 Å². The van der Waals surface area contributed by atoms with Gasteiger partial charge in [-0.2, -0.15) is 0 Å². The standard InChI is InChI=1S/C16H7ClF5NO2S/c17-11-4-8-3-9(2-1-7(8)5-23-11)26(24,25)6-10-12(18)14(20)16(22)15(21)13(10)19/h1-5H,6H2. The fraction of sp³-hybridized carbons (Fsp3) is 0.0625. The van der Waals surface area contributed by atoms with E-state index in [2.05, 4.69) is 4.98 Å². The summed E-state index contributed by atoms with van der Waals surface area (Å²) >= 11 is 5.73. The molecule has 0 fully saturated rings. The molecular weight excluding hydrogens is 401 g/mol. The third kappa shape index (κ3) is 3.12. The van der Waals surface area contributed by atoms with Gasteiger partial charge in [0.25, 0.3) is 0 Å². The van der Waals surface area contributed by atoms with Gasteiger partial charge in [-0.1, -0.05) is 17.7 Å². The van der Waals surface area contributed by atoms with E-state index in [0.29, 0.717) is 10.8 Å². The summed E-state index contributed by atoms with van der Waals surface area (Å²) in [5, 5.41) is 1.01. The second kappa shape index (κ2) is 6.48. The maximum Gasteiger partial charge on any atom is 0.200 e. The predicted molar refractivity (Wildman–Crippen MR) is 83.9 cm³/mol. The zero-order valence-corrected chi connectivity index (χ0v) is 14.1. The largest absolute Gasteiger partial charge is 0.244 e. The highest BCUT2D eigenvalue weighted by atomic mass is 35.5. The molecule has 3 rings (SSSR count). The summed E-state index contributed by atoms with van der Waals surface area (Å²) in [4.78, 5) is 3.45. The van der Waals surface area contributed by atoms with E-state index in [1.165, 1.54) is 24.4 Å². The van der Waals surface area contributed by atoms with Crippen molar-refractivity contribution in [1.82, 2.24) is 4.98 Å². The highest BCUT2D eigenvalue weighted by Gasteiger charge is 2.29. The molecule has 1 heterocycles. The van der Waals surface area contributed by atoms with E-state index in [1.54, 1.807) is 0 Å². The van der Waals surface area contributed by atoms with Crippen molar-refractivity contribution in [3.05, 3.63) is 70.3 Å². The molecular formula is C16H7ClF5NO2S. The Morgan fingerprint density at radius 1 is 0.846 bits per heavy atom. The van der Waals surface area contributed by atoms with Gasteiger partial charge in [0.1, 0.15) is 5.15 Å². The number of aromatic nitrogens is 1. The van der Waals surface area contributed by atoms with Gasteiger partial charge in [0.15, 0.2) is 33.1 Å². The van der Waals surface area contributed by atoms with Crippen LogP contribution in [-0.2, 0) is 15.6 Å². The van der Waals surface area contributed by atoms with E-state index in [1.807, 2.05) is 0 Å². The summed E-state index contributed by atoms with van der Waals surface area (Å²) in [6.07, 6.45) is 1.39. The van der Waals surface area contributed by atoms with Crippen LogP contribution >= 0.6 is 11.6 Å². The molecule has 1 aromatic heterocycles. The molecule has 0 bridgehead atoms. The van der Waals surface area contributed by atoms with Crippen molar-refractivity contribution in [1.29, 1.82) is 0 Å². The minimum Gasteiger partial charge on any atom is -0.244 e. The molecule has 0 saturated carbocycles. The van der Waals surface area contributed by atoms with Crippen molar-refractivity contribution in [3.8, 4) is 0 Å². The molecule has 0 N–H and O–H groups in total. The number of pyridine rings is 1. The number of rotatable bonds is 3. The van der Waals surface area contributed by atoms with Crippen LogP contribution in [0.4, 0.5) is 22.0 Å². The molecule has 0 spiro atoms. The maximum absolute atomic E-state index is 13.7. The molecule has 3 nitrogen and oxygen atoms in total. The monoisotopic (exact) mass is 407 g/mol. The minimum absolute atomic E-state index is 0.0896. The smallest absolute Gasteiger partial charge is 0.200 e. The summed E-state index contributed by atoms with van der Waals surface area (Å²) in [7, 11) is -4.41. The van der Waals surface area contributed by atoms with Crippen LogP contribution in [0.2, 0.25) is 5.15 Å². The Hall–Kier alpha value is -2.26. The van der Waals surface area contributed by atoms with Crippen LogP contribution in [0.5, 0.6) is 0 Å². The maximum atomic E-state index is 13.7. The molecule has 26 heavy (non-hydrogen) atoms. The Labute approximate surface area is 149 Å². The van der Waals surface area contributed by atoms with Crippen molar-refractivity contribution in [3.63, 3.8) is 0 Å². The molecule has 10 heteroatoms. The molecule has 0 atom stereocenters. The Bertz CT molecular complexity index is 1120. The van der Waals surface area contributed by atoms with E-state index in [9.17, 15) is 30.4 Å². The topological polar surface area (TPSA) is 47.0 Å². The van der Waals surface area contributed by atoms with Crippen LogP contribution in [0.15, 0.2) is 35.4 Å². The predicted octanol–water partition coefficient (Wildman–Crippen LogP) is 4.56. The average molecular weight is 408 g/mol. The molecule has 0 radical (unpaired) electrons. The van der Waals surface area contributed by atoms with Gasteiger partial charge in [0.05, 0.1) is 10.6 Å². The van der Waals surface area contributed by atoms with E-state index in [0.717, 1.165) is 6.07 Å². The zero-order valence-electron chi connectivity index (χ0n) is 12.5. The number of hydrogen-bond acceptors (Lipinski definition) is 3. The fourth-order valence-electron chi connectivity index (χ4n) is 2.34. The van der Waals surface area contributed by atoms with E-state index in [-0.39, 0.29) is 10.0 Å². The van der Waals surface area contributed by atoms with Crippen LogP contribution in [-0.4, -0.2) is 13.4 Å². The van der Waals surface area contributed by atoms with Crippen molar-refractivity contribution in [2.45, 2.75) is 10.6 Å². The van der Waals surface area contributed by atoms with Crippen LogP contribution in [0.3, 0.4) is 0 Å². The van der Waals surface area contributed by atoms with Crippen LogP contribution in [0, 0.1) is 29.1 Å². The van der Waals surface area contributed by atoms with E-state index < -0.39 is 50.2 Å². The molecule has 0 aliphatic carbocycles. The van der Waals surface area contributed by atoms with Gasteiger partial charge >= 0.3 is 0 Å². The van der Waals surface area contributed by atoms with Gasteiger partial charge in [-0.15, -0.1) is 0 Å². The first-order valence-corrected chi connectivity index (χ1v) is 8.93. The summed E-state index contributed by atoms with van der Waals surface area (Å²) < 4.78 is 91.9. The first-order valence-electron chi connectivity index (χ1n) is 6.90. The highest BCUT2D eigenvalue weighted by Crippen LogP contribution is 2.28. The van der Waals surface area contributed by atoms with Crippen molar-refractivity contribution >= 4 is 32.2 Å². The van der Waals surface area contributed by atoms with Gasteiger partial charge in [-0.3, -0.25) is 0 Å². The second-order valence-corrected chi connectivity index (χ2v) is 7.70. The number of nitrogens with zero attached hydrogens (tertiary/aromatic N) is 1. The SMILES string of the molecule is O=S(=O)(Cc1c(F)c(F)c(F)c(F)c1F)c1ccc2cnc(Cl)cc2c1. The highest BCUT2D eigenvalue weighted by molar-refractivity contribution is 7.90. The van der Waals surface area contributed by atoms with Crippen molar-refractivity contribution < 1.29 is 30.4 Å². The van der Waals surface area contributed by atoms with E-state index >= 15 is 0 Å². The third-order valence-electron chi connectivity index (χ3n) is 3.65. The molecule has 0 unspecified atom stereocenters. The molecule has 0 aliphatic rings.